The molecule has 1 heterocycles. The third-order valence-corrected chi connectivity index (χ3v) is 2.53. The highest BCUT2D eigenvalue weighted by Crippen LogP contribution is 2.22. The number of H-pyrrole nitrogens is 1. The highest BCUT2D eigenvalue weighted by atomic mass is 16.6. The van der Waals surface area contributed by atoms with Crippen molar-refractivity contribution in [2.45, 2.75) is 6.42 Å². The van der Waals surface area contributed by atoms with Gasteiger partial charge in [-0.1, -0.05) is 0 Å². The summed E-state index contributed by atoms with van der Waals surface area (Å²) in [6.45, 7) is 0.237. The Bertz CT molecular complexity index is 626. The van der Waals surface area contributed by atoms with Gasteiger partial charge in [0, 0.05) is 19.0 Å². The Morgan fingerprint density at radius 3 is 2.95 bits per heavy atom. The van der Waals surface area contributed by atoms with Crippen LogP contribution in [0.15, 0.2) is 24.5 Å². The van der Waals surface area contributed by atoms with Crippen molar-refractivity contribution in [3.8, 4) is 5.75 Å². The van der Waals surface area contributed by atoms with Gasteiger partial charge in [0.25, 0.3) is 11.6 Å². The normalized spacial score (nSPS) is 10.2. The summed E-state index contributed by atoms with van der Waals surface area (Å²) in [4.78, 5) is 25.9. The lowest BCUT2D eigenvalue weighted by atomic mass is 10.1. The number of aromatic hydroxyl groups is 1. The van der Waals surface area contributed by atoms with Crippen LogP contribution in [0.2, 0.25) is 0 Å². The van der Waals surface area contributed by atoms with E-state index < -0.39 is 10.8 Å². The number of phenols is 1. The molecule has 0 atom stereocenters. The van der Waals surface area contributed by atoms with Crippen molar-refractivity contribution in [1.82, 2.24) is 20.5 Å². The number of hydrogen-bond donors (Lipinski definition) is 3. The first kappa shape index (κ1) is 13.5. The van der Waals surface area contributed by atoms with Crippen LogP contribution >= 0.6 is 0 Å². The molecule has 2 rings (SSSR count). The molecule has 104 valence electrons. The summed E-state index contributed by atoms with van der Waals surface area (Å²) >= 11 is 0. The van der Waals surface area contributed by atoms with Gasteiger partial charge in [0.15, 0.2) is 0 Å². The highest BCUT2D eigenvalue weighted by molar-refractivity contribution is 5.98. The third kappa shape index (κ3) is 3.07. The van der Waals surface area contributed by atoms with Gasteiger partial charge in [-0.3, -0.25) is 20.0 Å². The minimum absolute atomic E-state index is 0.187. The lowest BCUT2D eigenvalue weighted by Crippen LogP contribution is -2.26. The van der Waals surface area contributed by atoms with E-state index in [1.807, 2.05) is 0 Å². The summed E-state index contributed by atoms with van der Waals surface area (Å²) in [5, 5.41) is 28.9. The molecule has 0 aliphatic rings. The highest BCUT2D eigenvalue weighted by Gasteiger charge is 2.20. The fourth-order valence-corrected chi connectivity index (χ4v) is 1.61. The van der Waals surface area contributed by atoms with E-state index in [9.17, 15) is 20.0 Å². The number of nitro benzene ring substituents is 1. The van der Waals surface area contributed by atoms with Crippen LogP contribution in [-0.2, 0) is 6.42 Å². The molecular formula is C11H11N5O4. The number of nitrogens with zero attached hydrogens (tertiary/aromatic N) is 3. The average Bonchev–Trinajstić information content (AvgIpc) is 2.91. The zero-order valence-corrected chi connectivity index (χ0v) is 10.2. The van der Waals surface area contributed by atoms with E-state index in [0.29, 0.717) is 12.2 Å². The maximum absolute atomic E-state index is 11.9. The lowest BCUT2D eigenvalue weighted by molar-refractivity contribution is -0.385. The molecule has 0 saturated carbocycles. The van der Waals surface area contributed by atoms with E-state index in [4.69, 9.17) is 0 Å². The molecular weight excluding hydrogens is 266 g/mol. The summed E-state index contributed by atoms with van der Waals surface area (Å²) in [6, 6.07) is 3.30. The molecule has 0 radical (unpaired) electrons. The Kier molecular flexibility index (Phi) is 3.89. The second kappa shape index (κ2) is 5.78. The minimum atomic E-state index is -0.676. The van der Waals surface area contributed by atoms with Gasteiger partial charge in [0.2, 0.25) is 0 Å². The van der Waals surface area contributed by atoms with Crippen molar-refractivity contribution in [3.63, 3.8) is 0 Å². The molecule has 9 nitrogen and oxygen atoms in total. The molecule has 1 aromatic carbocycles. The van der Waals surface area contributed by atoms with E-state index >= 15 is 0 Å². The van der Waals surface area contributed by atoms with Gasteiger partial charge in [0.1, 0.15) is 23.5 Å². The van der Waals surface area contributed by atoms with Crippen molar-refractivity contribution in [3.05, 3.63) is 46.0 Å². The molecule has 9 heteroatoms. The summed E-state index contributed by atoms with van der Waals surface area (Å²) < 4.78 is 0. The number of rotatable bonds is 5. The number of hydrogen-bond acceptors (Lipinski definition) is 6. The second-order valence-corrected chi connectivity index (χ2v) is 3.90. The molecule has 1 amide bonds. The standard InChI is InChI=1S/C11H11N5O4/c17-7-1-2-9(16(19)20)8(5-7)11(18)12-4-3-10-13-6-14-15-10/h1-2,5-6,17H,3-4H2,(H,12,18)(H,13,14,15). The van der Waals surface area contributed by atoms with Gasteiger partial charge in [-0.2, -0.15) is 5.10 Å². The molecule has 2 aromatic rings. The molecule has 3 N–H and O–H groups in total. The minimum Gasteiger partial charge on any atom is -0.508 e. The Morgan fingerprint density at radius 1 is 1.50 bits per heavy atom. The molecule has 1 aromatic heterocycles. The summed E-state index contributed by atoms with van der Waals surface area (Å²) in [5.74, 6) is -0.251. The molecule has 0 aliphatic heterocycles. The number of phenolic OH excluding ortho intramolecular Hbond substituents is 1. The van der Waals surface area contributed by atoms with Crippen molar-refractivity contribution in [1.29, 1.82) is 0 Å². The van der Waals surface area contributed by atoms with Crippen LogP contribution in [0.4, 0.5) is 5.69 Å². The smallest absolute Gasteiger partial charge is 0.282 e. The third-order valence-electron chi connectivity index (χ3n) is 2.53. The van der Waals surface area contributed by atoms with E-state index in [0.717, 1.165) is 18.2 Å². The Morgan fingerprint density at radius 2 is 2.30 bits per heavy atom. The van der Waals surface area contributed by atoms with Gasteiger partial charge < -0.3 is 10.4 Å². The topological polar surface area (TPSA) is 134 Å². The van der Waals surface area contributed by atoms with Crippen molar-refractivity contribution < 1.29 is 14.8 Å². The number of carbonyl (C=O) groups is 1. The first-order valence-electron chi connectivity index (χ1n) is 5.68. The van der Waals surface area contributed by atoms with E-state index in [2.05, 4.69) is 20.5 Å². The van der Waals surface area contributed by atoms with Gasteiger partial charge in [-0.15, -0.1) is 0 Å². The number of carbonyl (C=O) groups excluding carboxylic acids is 1. The maximum Gasteiger partial charge on any atom is 0.282 e. The number of nitrogens with one attached hydrogen (secondary N) is 2. The SMILES string of the molecule is O=C(NCCc1ncn[nH]1)c1cc(O)ccc1[N+](=O)[O-]. The van der Waals surface area contributed by atoms with Gasteiger partial charge in [0.05, 0.1) is 4.92 Å². The summed E-state index contributed by atoms with van der Waals surface area (Å²) in [7, 11) is 0. The maximum atomic E-state index is 11.9. The summed E-state index contributed by atoms with van der Waals surface area (Å²) in [6.07, 6.45) is 1.76. The van der Waals surface area contributed by atoms with E-state index in [-0.39, 0.29) is 23.5 Å². The van der Waals surface area contributed by atoms with Gasteiger partial charge in [-0.05, 0) is 12.1 Å². The molecule has 0 unspecified atom stereocenters. The van der Waals surface area contributed by atoms with Crippen LogP contribution in [-0.4, -0.2) is 37.7 Å². The van der Waals surface area contributed by atoms with Crippen LogP contribution in [0.3, 0.4) is 0 Å². The number of amides is 1. The van der Waals surface area contributed by atoms with Crippen molar-refractivity contribution in [2.24, 2.45) is 0 Å². The van der Waals surface area contributed by atoms with E-state index in [1.165, 1.54) is 6.33 Å². The predicted molar refractivity (Wildman–Crippen MR) is 67.2 cm³/mol. The molecule has 0 saturated heterocycles. The Hall–Kier alpha value is -2.97. The molecule has 20 heavy (non-hydrogen) atoms. The fourth-order valence-electron chi connectivity index (χ4n) is 1.61. The molecule has 0 aliphatic carbocycles. The predicted octanol–water partition coefficient (Wildman–Crippen LogP) is 0.391. The van der Waals surface area contributed by atoms with Crippen molar-refractivity contribution in [2.75, 3.05) is 6.54 Å². The number of nitro groups is 1. The zero-order valence-electron chi connectivity index (χ0n) is 10.2. The number of benzene rings is 1. The van der Waals surface area contributed by atoms with E-state index in [1.54, 1.807) is 0 Å². The Balaban J connectivity index is 2.05. The van der Waals surface area contributed by atoms with Gasteiger partial charge >= 0.3 is 0 Å². The summed E-state index contributed by atoms with van der Waals surface area (Å²) in [5.41, 5.74) is -0.549. The second-order valence-electron chi connectivity index (χ2n) is 3.90. The van der Waals surface area contributed by atoms with Crippen LogP contribution < -0.4 is 5.32 Å². The monoisotopic (exact) mass is 277 g/mol. The number of aromatic amines is 1. The first-order valence-corrected chi connectivity index (χ1v) is 5.68. The lowest BCUT2D eigenvalue weighted by Gasteiger charge is -2.05. The number of aromatic nitrogens is 3. The van der Waals surface area contributed by atoms with Crippen LogP contribution in [0.5, 0.6) is 5.75 Å². The Labute approximate surface area is 112 Å². The van der Waals surface area contributed by atoms with Crippen LogP contribution in [0, 0.1) is 10.1 Å². The van der Waals surface area contributed by atoms with Crippen LogP contribution in [0.1, 0.15) is 16.2 Å². The molecule has 0 fully saturated rings. The largest absolute Gasteiger partial charge is 0.508 e. The van der Waals surface area contributed by atoms with Gasteiger partial charge in [-0.25, -0.2) is 4.98 Å². The average molecular weight is 277 g/mol. The quantitative estimate of drug-likeness (QED) is 0.534. The zero-order chi connectivity index (χ0) is 14.5. The van der Waals surface area contributed by atoms with Crippen LogP contribution in [0.25, 0.3) is 0 Å². The fraction of sp³-hybridized carbons (Fsp3) is 0.182. The van der Waals surface area contributed by atoms with Crippen molar-refractivity contribution >= 4 is 11.6 Å². The molecule has 0 bridgehead atoms. The molecule has 0 spiro atoms. The first-order chi connectivity index (χ1) is 9.58.